The van der Waals surface area contributed by atoms with Crippen LogP contribution in [0.4, 0.5) is 0 Å². The molecule has 3 atom stereocenters. The van der Waals surface area contributed by atoms with E-state index in [-0.39, 0.29) is 18.3 Å². The minimum atomic E-state index is -0.888. The lowest BCUT2D eigenvalue weighted by Crippen LogP contribution is -2.41. The molecule has 150 valence electrons. The van der Waals surface area contributed by atoms with E-state index in [0.717, 1.165) is 18.4 Å². The molecule has 0 saturated carbocycles. The van der Waals surface area contributed by atoms with Crippen molar-refractivity contribution < 1.29 is 29.9 Å². The fourth-order valence-electron chi connectivity index (χ4n) is 2.96. The topological polar surface area (TPSA) is 96.2 Å². The van der Waals surface area contributed by atoms with Crippen LogP contribution in [-0.2, 0) is 14.4 Å². The number of ketones is 1. The van der Waals surface area contributed by atoms with Crippen LogP contribution in [0.1, 0.15) is 59.8 Å². The van der Waals surface area contributed by atoms with Gasteiger partial charge in [0.1, 0.15) is 5.60 Å². The molecule has 1 rings (SSSR count). The largest absolute Gasteiger partial charge is 0.392 e. The van der Waals surface area contributed by atoms with Crippen LogP contribution < -0.4 is 0 Å². The summed E-state index contributed by atoms with van der Waals surface area (Å²) in [6.07, 6.45) is 7.60. The van der Waals surface area contributed by atoms with Gasteiger partial charge in [-0.1, -0.05) is 13.0 Å². The predicted molar refractivity (Wildman–Crippen MR) is 99.7 cm³/mol. The summed E-state index contributed by atoms with van der Waals surface area (Å²) in [5, 5.41) is 28.2. The van der Waals surface area contributed by atoms with Crippen molar-refractivity contribution >= 4 is 5.78 Å². The summed E-state index contributed by atoms with van der Waals surface area (Å²) in [6.45, 7) is 7.50. The Morgan fingerprint density at radius 2 is 2.19 bits per heavy atom. The quantitative estimate of drug-likeness (QED) is 0.250. The van der Waals surface area contributed by atoms with E-state index in [1.54, 1.807) is 26.0 Å². The first-order chi connectivity index (χ1) is 12.1. The second-order valence-electron chi connectivity index (χ2n) is 7.92. The van der Waals surface area contributed by atoms with Gasteiger partial charge in [0.25, 0.3) is 0 Å². The Hall–Kier alpha value is -1.05. The maximum absolute atomic E-state index is 12.2. The number of hydrogen-bond acceptors (Lipinski definition) is 6. The highest BCUT2D eigenvalue weighted by Crippen LogP contribution is 2.31. The molecule has 1 heterocycles. The van der Waals surface area contributed by atoms with E-state index in [0.29, 0.717) is 25.9 Å². The van der Waals surface area contributed by atoms with Crippen molar-refractivity contribution in [2.45, 2.75) is 77.1 Å². The lowest BCUT2D eigenvalue weighted by Gasteiger charge is -2.33. The SMILES string of the molecule is CC(CCC[C@]1(C)OCC(=CCO)CC[C@H]1O)C(=O)C=CC(C)(C)OO. The van der Waals surface area contributed by atoms with Gasteiger partial charge in [0.05, 0.1) is 24.9 Å². The first-order valence-electron chi connectivity index (χ1n) is 9.30. The van der Waals surface area contributed by atoms with Crippen molar-refractivity contribution in [3.8, 4) is 0 Å². The predicted octanol–water partition coefficient (Wildman–Crippen LogP) is 3.04. The van der Waals surface area contributed by atoms with Crippen LogP contribution in [0.3, 0.4) is 0 Å². The zero-order valence-corrected chi connectivity index (χ0v) is 16.4. The highest BCUT2D eigenvalue weighted by molar-refractivity contribution is 5.91. The molecule has 0 spiro atoms. The average molecular weight is 370 g/mol. The van der Waals surface area contributed by atoms with E-state index in [9.17, 15) is 9.90 Å². The molecule has 1 saturated heterocycles. The Bertz CT molecular complexity index is 510. The van der Waals surface area contributed by atoms with Gasteiger partial charge >= 0.3 is 0 Å². The molecule has 0 aromatic rings. The molecule has 3 N–H and O–H groups in total. The van der Waals surface area contributed by atoms with Crippen LogP contribution in [0.2, 0.25) is 0 Å². The maximum atomic E-state index is 12.2. The summed E-state index contributed by atoms with van der Waals surface area (Å²) in [4.78, 5) is 16.5. The minimum Gasteiger partial charge on any atom is -0.392 e. The van der Waals surface area contributed by atoms with E-state index in [2.05, 4.69) is 4.89 Å². The lowest BCUT2D eigenvalue weighted by atomic mass is 9.87. The third kappa shape index (κ3) is 7.29. The second kappa shape index (κ2) is 10.3. The maximum Gasteiger partial charge on any atom is 0.158 e. The average Bonchev–Trinajstić information content (AvgIpc) is 2.74. The van der Waals surface area contributed by atoms with Gasteiger partial charge in [-0.15, -0.1) is 0 Å². The molecule has 0 bridgehead atoms. The van der Waals surface area contributed by atoms with Gasteiger partial charge in [0.2, 0.25) is 0 Å². The first kappa shape index (κ1) is 23.0. The molecule has 0 amide bonds. The number of hydrogen-bond donors (Lipinski definition) is 3. The molecule has 26 heavy (non-hydrogen) atoms. The van der Waals surface area contributed by atoms with E-state index in [1.165, 1.54) is 6.08 Å². The molecule has 1 aliphatic rings. The van der Waals surface area contributed by atoms with Gasteiger partial charge in [0.15, 0.2) is 5.78 Å². The smallest absolute Gasteiger partial charge is 0.158 e. The highest BCUT2D eigenvalue weighted by atomic mass is 17.1. The Kier molecular flexibility index (Phi) is 9.13. The van der Waals surface area contributed by atoms with Gasteiger partial charge in [-0.2, -0.15) is 0 Å². The second-order valence-corrected chi connectivity index (χ2v) is 7.92. The van der Waals surface area contributed by atoms with Crippen LogP contribution in [-0.4, -0.2) is 51.8 Å². The molecule has 0 aromatic heterocycles. The van der Waals surface area contributed by atoms with Crippen molar-refractivity contribution in [3.05, 3.63) is 23.8 Å². The van der Waals surface area contributed by atoms with Crippen molar-refractivity contribution in [3.63, 3.8) is 0 Å². The van der Waals surface area contributed by atoms with Crippen molar-refractivity contribution in [2.24, 2.45) is 5.92 Å². The van der Waals surface area contributed by atoms with Gasteiger partial charge in [0, 0.05) is 5.92 Å². The van der Waals surface area contributed by atoms with E-state index in [1.807, 2.05) is 13.8 Å². The molecule has 1 unspecified atom stereocenters. The number of carbonyl (C=O) groups is 1. The Balaban J connectivity index is 2.52. The van der Waals surface area contributed by atoms with Gasteiger partial charge < -0.3 is 14.9 Å². The summed E-state index contributed by atoms with van der Waals surface area (Å²) >= 11 is 0. The monoisotopic (exact) mass is 370 g/mol. The summed E-state index contributed by atoms with van der Waals surface area (Å²) in [7, 11) is 0. The molecule has 1 fully saturated rings. The highest BCUT2D eigenvalue weighted by Gasteiger charge is 2.36. The van der Waals surface area contributed by atoms with Gasteiger partial charge in [-0.3, -0.25) is 10.1 Å². The normalized spacial score (nSPS) is 27.7. The number of ether oxygens (including phenoxy) is 1. The van der Waals surface area contributed by atoms with E-state index >= 15 is 0 Å². The number of carbonyl (C=O) groups excluding carboxylic acids is 1. The molecule has 6 nitrogen and oxygen atoms in total. The first-order valence-corrected chi connectivity index (χ1v) is 9.30. The Labute approximate surface area is 156 Å². The molecular weight excluding hydrogens is 336 g/mol. The molecule has 0 aromatic carbocycles. The molecule has 1 aliphatic heterocycles. The standard InChI is InChI=1S/C20H34O6/c1-15(17(22)9-12-19(2,3)26-24)6-5-11-20(4)18(23)8-7-16(10-13-21)14-25-20/h9-10,12,15,18,21,23-24H,5-8,11,13-14H2,1-4H3/t15?,18-,20+/m1/s1. The fourth-order valence-corrected chi connectivity index (χ4v) is 2.96. The third-order valence-corrected chi connectivity index (χ3v) is 5.09. The summed E-state index contributed by atoms with van der Waals surface area (Å²) < 4.78 is 5.94. The molecule has 6 heteroatoms. The third-order valence-electron chi connectivity index (χ3n) is 5.09. The zero-order valence-electron chi connectivity index (χ0n) is 16.4. The van der Waals surface area contributed by atoms with Crippen LogP contribution in [0, 0.1) is 5.92 Å². The van der Waals surface area contributed by atoms with Crippen LogP contribution >= 0.6 is 0 Å². The van der Waals surface area contributed by atoms with Crippen LogP contribution in [0.5, 0.6) is 0 Å². The van der Waals surface area contributed by atoms with Crippen molar-refractivity contribution in [1.29, 1.82) is 0 Å². The van der Waals surface area contributed by atoms with Gasteiger partial charge in [-0.05, 0) is 70.6 Å². The van der Waals surface area contributed by atoms with Crippen LogP contribution in [0.25, 0.3) is 0 Å². The van der Waals surface area contributed by atoms with Crippen LogP contribution in [0.15, 0.2) is 23.8 Å². The molecule has 0 aliphatic carbocycles. The number of rotatable bonds is 9. The number of aliphatic hydroxyl groups excluding tert-OH is 2. The molecular formula is C20H34O6. The number of aliphatic hydroxyl groups is 2. The summed E-state index contributed by atoms with van der Waals surface area (Å²) in [5.74, 6) is -0.173. The number of allylic oxidation sites excluding steroid dienone is 1. The lowest BCUT2D eigenvalue weighted by molar-refractivity contribution is -0.297. The van der Waals surface area contributed by atoms with Crippen molar-refractivity contribution in [1.82, 2.24) is 0 Å². The fraction of sp³-hybridized carbons (Fsp3) is 0.750. The van der Waals surface area contributed by atoms with E-state index < -0.39 is 17.3 Å². The zero-order chi connectivity index (χ0) is 19.8. The summed E-state index contributed by atoms with van der Waals surface area (Å²) in [5.41, 5.74) is -0.519. The minimum absolute atomic E-state index is 0.0171. The summed E-state index contributed by atoms with van der Waals surface area (Å²) in [6, 6.07) is 0. The molecule has 0 radical (unpaired) electrons. The Morgan fingerprint density at radius 3 is 2.81 bits per heavy atom. The Morgan fingerprint density at radius 1 is 1.50 bits per heavy atom. The van der Waals surface area contributed by atoms with Crippen molar-refractivity contribution in [2.75, 3.05) is 13.2 Å². The van der Waals surface area contributed by atoms with E-state index in [4.69, 9.17) is 15.1 Å². The van der Waals surface area contributed by atoms with Gasteiger partial charge in [-0.25, -0.2) is 4.89 Å².